The van der Waals surface area contributed by atoms with E-state index < -0.39 is 18.0 Å². The minimum atomic E-state index is -0.685. The molecule has 1 atom stereocenters. The Labute approximate surface area is 166 Å². The summed E-state index contributed by atoms with van der Waals surface area (Å²) in [4.78, 5) is 28.6. The predicted octanol–water partition coefficient (Wildman–Crippen LogP) is 2.80. The summed E-state index contributed by atoms with van der Waals surface area (Å²) < 4.78 is 4.76. The van der Waals surface area contributed by atoms with Crippen molar-refractivity contribution in [3.63, 3.8) is 0 Å². The molecule has 1 unspecified atom stereocenters. The van der Waals surface area contributed by atoms with Gasteiger partial charge >= 0.3 is 12.0 Å². The van der Waals surface area contributed by atoms with Gasteiger partial charge in [-0.05, 0) is 37.6 Å². The fourth-order valence-electron chi connectivity index (χ4n) is 3.04. The molecule has 2 rings (SSSR count). The molecule has 2 amide bonds. The highest BCUT2D eigenvalue weighted by molar-refractivity contribution is 6.33. The molecule has 0 aliphatic carbocycles. The van der Waals surface area contributed by atoms with Crippen molar-refractivity contribution in [2.45, 2.75) is 26.3 Å². The SMILES string of the molecule is COC(=O)C(CC(C)C)NC(=O)Nc1ccc(N2CCN(C)CC2)c(Cl)c1. The number of likely N-dealkylation sites (N-methyl/N-ethyl adjacent to an activating group) is 1. The Morgan fingerprint density at radius 2 is 1.89 bits per heavy atom. The summed E-state index contributed by atoms with van der Waals surface area (Å²) in [5, 5.41) is 5.99. The largest absolute Gasteiger partial charge is 0.467 e. The zero-order chi connectivity index (χ0) is 20.0. The Hall–Kier alpha value is -1.99. The molecule has 0 bridgehead atoms. The van der Waals surface area contributed by atoms with Gasteiger partial charge in [-0.3, -0.25) is 0 Å². The van der Waals surface area contributed by atoms with E-state index in [4.69, 9.17) is 16.3 Å². The number of esters is 1. The molecule has 1 aliphatic rings. The summed E-state index contributed by atoms with van der Waals surface area (Å²) in [5.41, 5.74) is 1.53. The fourth-order valence-corrected chi connectivity index (χ4v) is 3.34. The Kier molecular flexibility index (Phi) is 7.74. The molecule has 1 aliphatic heterocycles. The lowest BCUT2D eigenvalue weighted by Crippen LogP contribution is -2.44. The van der Waals surface area contributed by atoms with Crippen molar-refractivity contribution >= 4 is 35.0 Å². The van der Waals surface area contributed by atoms with E-state index in [1.165, 1.54) is 7.11 Å². The van der Waals surface area contributed by atoms with E-state index in [-0.39, 0.29) is 5.92 Å². The molecule has 0 saturated carbocycles. The molecule has 0 radical (unpaired) electrons. The number of hydrogen-bond acceptors (Lipinski definition) is 5. The fraction of sp³-hybridized carbons (Fsp3) is 0.579. The number of piperazine rings is 1. The second kappa shape index (κ2) is 9.80. The van der Waals surface area contributed by atoms with Gasteiger partial charge in [0, 0.05) is 31.9 Å². The van der Waals surface area contributed by atoms with Crippen LogP contribution in [-0.2, 0) is 9.53 Å². The van der Waals surface area contributed by atoms with Gasteiger partial charge in [0.25, 0.3) is 0 Å². The van der Waals surface area contributed by atoms with E-state index >= 15 is 0 Å². The summed E-state index contributed by atoms with van der Waals surface area (Å²) in [6, 6.07) is 4.30. The highest BCUT2D eigenvalue weighted by Crippen LogP contribution is 2.29. The first-order valence-corrected chi connectivity index (χ1v) is 9.56. The van der Waals surface area contributed by atoms with E-state index in [0.29, 0.717) is 17.1 Å². The molecular weight excluding hydrogens is 368 g/mol. The van der Waals surface area contributed by atoms with Gasteiger partial charge in [0.05, 0.1) is 17.8 Å². The minimum absolute atomic E-state index is 0.242. The summed E-state index contributed by atoms with van der Waals surface area (Å²) in [7, 11) is 3.41. The maximum Gasteiger partial charge on any atom is 0.328 e. The molecule has 0 spiro atoms. The number of halogens is 1. The number of benzene rings is 1. The zero-order valence-corrected chi connectivity index (χ0v) is 17.2. The van der Waals surface area contributed by atoms with Gasteiger partial charge in [-0.25, -0.2) is 9.59 Å². The summed E-state index contributed by atoms with van der Waals surface area (Å²) in [6.07, 6.45) is 0.503. The average Bonchev–Trinajstić information content (AvgIpc) is 2.61. The molecular formula is C19H29ClN4O3. The van der Waals surface area contributed by atoms with Crippen molar-refractivity contribution in [3.05, 3.63) is 23.2 Å². The van der Waals surface area contributed by atoms with Gasteiger partial charge in [0.1, 0.15) is 6.04 Å². The van der Waals surface area contributed by atoms with Crippen LogP contribution in [0.4, 0.5) is 16.2 Å². The molecule has 1 heterocycles. The van der Waals surface area contributed by atoms with Gasteiger partial charge in [-0.1, -0.05) is 25.4 Å². The van der Waals surface area contributed by atoms with Gasteiger partial charge in [0.15, 0.2) is 0 Å². The number of amides is 2. The number of carbonyl (C=O) groups is 2. The van der Waals surface area contributed by atoms with Gasteiger partial charge in [-0.2, -0.15) is 0 Å². The summed E-state index contributed by atoms with van der Waals surface area (Å²) in [6.45, 7) is 7.77. The smallest absolute Gasteiger partial charge is 0.328 e. The Morgan fingerprint density at radius 3 is 2.44 bits per heavy atom. The number of anilines is 2. The van der Waals surface area contributed by atoms with Crippen molar-refractivity contribution < 1.29 is 14.3 Å². The second-order valence-corrected chi connectivity index (χ2v) is 7.67. The van der Waals surface area contributed by atoms with Crippen LogP contribution in [0, 0.1) is 5.92 Å². The minimum Gasteiger partial charge on any atom is -0.467 e. The Balaban J connectivity index is 1.99. The number of rotatable bonds is 6. The maximum absolute atomic E-state index is 12.3. The highest BCUT2D eigenvalue weighted by Gasteiger charge is 2.23. The number of methoxy groups -OCH3 is 1. The van der Waals surface area contributed by atoms with Gasteiger partial charge in [-0.15, -0.1) is 0 Å². The third-order valence-electron chi connectivity index (χ3n) is 4.55. The van der Waals surface area contributed by atoms with Gasteiger partial charge < -0.3 is 25.2 Å². The van der Waals surface area contributed by atoms with Crippen molar-refractivity contribution in [1.82, 2.24) is 10.2 Å². The molecule has 7 nitrogen and oxygen atoms in total. The molecule has 0 aromatic heterocycles. The van der Waals surface area contributed by atoms with E-state index in [1.54, 1.807) is 6.07 Å². The summed E-state index contributed by atoms with van der Waals surface area (Å²) >= 11 is 6.43. The van der Waals surface area contributed by atoms with Crippen LogP contribution < -0.4 is 15.5 Å². The van der Waals surface area contributed by atoms with Crippen LogP contribution in [-0.4, -0.2) is 63.3 Å². The second-order valence-electron chi connectivity index (χ2n) is 7.26. The normalized spacial score (nSPS) is 16.1. The number of urea groups is 1. The lowest BCUT2D eigenvalue weighted by atomic mass is 10.0. The predicted molar refractivity (Wildman–Crippen MR) is 109 cm³/mol. The van der Waals surface area contributed by atoms with E-state index in [2.05, 4.69) is 27.5 Å². The van der Waals surface area contributed by atoms with Crippen molar-refractivity contribution in [2.24, 2.45) is 5.92 Å². The molecule has 8 heteroatoms. The monoisotopic (exact) mass is 396 g/mol. The lowest BCUT2D eigenvalue weighted by molar-refractivity contribution is -0.143. The third-order valence-corrected chi connectivity index (χ3v) is 4.85. The first kappa shape index (κ1) is 21.3. The molecule has 1 saturated heterocycles. The van der Waals surface area contributed by atoms with Crippen LogP contribution in [0.1, 0.15) is 20.3 Å². The third kappa shape index (κ3) is 6.29. The maximum atomic E-state index is 12.3. The molecule has 150 valence electrons. The number of hydrogen-bond donors (Lipinski definition) is 2. The van der Waals surface area contributed by atoms with Crippen LogP contribution in [0.3, 0.4) is 0 Å². The number of nitrogens with one attached hydrogen (secondary N) is 2. The van der Waals surface area contributed by atoms with Crippen molar-refractivity contribution in [1.29, 1.82) is 0 Å². The van der Waals surface area contributed by atoms with Crippen LogP contribution in [0.5, 0.6) is 0 Å². The zero-order valence-electron chi connectivity index (χ0n) is 16.4. The van der Waals surface area contributed by atoms with E-state index in [0.717, 1.165) is 31.9 Å². The van der Waals surface area contributed by atoms with Crippen molar-refractivity contribution in [3.8, 4) is 0 Å². The number of carbonyl (C=O) groups excluding carboxylic acids is 2. The molecule has 27 heavy (non-hydrogen) atoms. The Morgan fingerprint density at radius 1 is 1.22 bits per heavy atom. The van der Waals surface area contributed by atoms with Crippen LogP contribution in [0.2, 0.25) is 5.02 Å². The average molecular weight is 397 g/mol. The molecule has 1 aromatic carbocycles. The van der Waals surface area contributed by atoms with Crippen molar-refractivity contribution in [2.75, 3.05) is 50.6 Å². The quantitative estimate of drug-likeness (QED) is 0.723. The van der Waals surface area contributed by atoms with E-state index in [1.807, 2.05) is 26.0 Å². The van der Waals surface area contributed by atoms with Gasteiger partial charge in [0.2, 0.25) is 0 Å². The summed E-state index contributed by atoms with van der Waals surface area (Å²) in [5.74, 6) is -0.214. The lowest BCUT2D eigenvalue weighted by Gasteiger charge is -2.34. The number of ether oxygens (including phenoxy) is 1. The highest BCUT2D eigenvalue weighted by atomic mass is 35.5. The Bertz CT molecular complexity index is 660. The number of nitrogens with zero attached hydrogens (tertiary/aromatic N) is 2. The standard InChI is InChI=1S/C19H29ClN4O3/c1-13(2)11-16(18(25)27-4)22-19(26)21-14-5-6-17(15(20)12-14)24-9-7-23(3)8-10-24/h5-6,12-13,16H,7-11H2,1-4H3,(H2,21,22,26). The molecule has 1 aromatic rings. The van der Waals surface area contributed by atoms with Crippen LogP contribution in [0.25, 0.3) is 0 Å². The van der Waals surface area contributed by atoms with Crippen LogP contribution in [0.15, 0.2) is 18.2 Å². The molecule has 1 fully saturated rings. The first-order valence-electron chi connectivity index (χ1n) is 9.18. The first-order chi connectivity index (χ1) is 12.8. The van der Waals surface area contributed by atoms with E-state index in [9.17, 15) is 9.59 Å². The molecule has 2 N–H and O–H groups in total. The van der Waals surface area contributed by atoms with Crippen LogP contribution >= 0.6 is 11.6 Å². The topological polar surface area (TPSA) is 73.9 Å².